The second-order valence-corrected chi connectivity index (χ2v) is 5.19. The van der Waals surface area contributed by atoms with Crippen LogP contribution in [0.2, 0.25) is 0 Å². The van der Waals surface area contributed by atoms with E-state index in [1.165, 1.54) is 12.1 Å². The summed E-state index contributed by atoms with van der Waals surface area (Å²) in [5.74, 6) is 0. The molecule has 2 atom stereocenters. The lowest BCUT2D eigenvalue weighted by atomic mass is 9.98. The number of hydrogen-bond donors (Lipinski definition) is 1. The first-order valence-corrected chi connectivity index (χ1v) is 6.17. The summed E-state index contributed by atoms with van der Waals surface area (Å²) in [6.45, 7) is 0.753. The molecule has 2 aliphatic heterocycles. The van der Waals surface area contributed by atoms with Crippen LogP contribution in [0.1, 0.15) is 24.0 Å². The molecule has 0 spiro atoms. The summed E-state index contributed by atoms with van der Waals surface area (Å²) in [5, 5.41) is 0. The van der Waals surface area contributed by atoms with Gasteiger partial charge in [0.1, 0.15) is 0 Å². The van der Waals surface area contributed by atoms with Gasteiger partial charge in [0.15, 0.2) is 0 Å². The number of halogens is 3. The highest BCUT2D eigenvalue weighted by atomic mass is 19.4. The maximum absolute atomic E-state index is 12.7. The van der Waals surface area contributed by atoms with Crippen LogP contribution in [0.3, 0.4) is 0 Å². The number of rotatable bonds is 0. The van der Waals surface area contributed by atoms with E-state index in [9.17, 15) is 13.2 Å². The van der Waals surface area contributed by atoms with Crippen molar-refractivity contribution < 1.29 is 13.2 Å². The van der Waals surface area contributed by atoms with Gasteiger partial charge in [-0.3, -0.25) is 0 Å². The molecule has 1 aromatic rings. The van der Waals surface area contributed by atoms with Crippen molar-refractivity contribution in [2.24, 2.45) is 5.73 Å². The van der Waals surface area contributed by atoms with Gasteiger partial charge >= 0.3 is 6.18 Å². The van der Waals surface area contributed by atoms with Crippen LogP contribution >= 0.6 is 0 Å². The highest BCUT2D eigenvalue weighted by Crippen LogP contribution is 2.40. The Hall–Kier alpha value is -1.23. The van der Waals surface area contributed by atoms with Crippen molar-refractivity contribution in [1.82, 2.24) is 0 Å². The molecule has 2 heterocycles. The lowest BCUT2D eigenvalue weighted by molar-refractivity contribution is -0.137. The molecule has 0 aliphatic carbocycles. The Morgan fingerprint density at radius 3 is 2.72 bits per heavy atom. The van der Waals surface area contributed by atoms with Crippen molar-refractivity contribution in [3.05, 3.63) is 29.3 Å². The molecule has 1 saturated heterocycles. The lowest BCUT2D eigenvalue weighted by Gasteiger charge is -2.35. The third kappa shape index (κ3) is 1.86. The molecule has 2 unspecified atom stereocenters. The lowest BCUT2D eigenvalue weighted by Crippen LogP contribution is -2.47. The van der Waals surface area contributed by atoms with Crippen LogP contribution in [0.5, 0.6) is 0 Å². The molecule has 2 N–H and O–H groups in total. The number of piperidine rings is 1. The van der Waals surface area contributed by atoms with Gasteiger partial charge in [0, 0.05) is 24.3 Å². The topological polar surface area (TPSA) is 29.3 Å². The first-order valence-electron chi connectivity index (χ1n) is 6.17. The summed E-state index contributed by atoms with van der Waals surface area (Å²) in [7, 11) is 0. The molecule has 3 rings (SSSR count). The van der Waals surface area contributed by atoms with Gasteiger partial charge in [-0.05, 0) is 43.0 Å². The van der Waals surface area contributed by atoms with Crippen molar-refractivity contribution in [3.8, 4) is 0 Å². The van der Waals surface area contributed by atoms with Crippen LogP contribution in [-0.2, 0) is 12.6 Å². The molecule has 1 fully saturated rings. The number of alkyl halides is 3. The molecular formula is C13H15F3N2. The Kier molecular flexibility index (Phi) is 2.55. The largest absolute Gasteiger partial charge is 0.416 e. The fraction of sp³-hybridized carbons (Fsp3) is 0.538. The molecule has 0 amide bonds. The molecular weight excluding hydrogens is 241 g/mol. The Morgan fingerprint density at radius 1 is 1.22 bits per heavy atom. The quantitative estimate of drug-likeness (QED) is 0.773. The van der Waals surface area contributed by atoms with Crippen molar-refractivity contribution in [2.45, 2.75) is 37.5 Å². The van der Waals surface area contributed by atoms with E-state index in [-0.39, 0.29) is 6.04 Å². The maximum Gasteiger partial charge on any atom is 0.416 e. The average Bonchev–Trinajstić information content (AvgIpc) is 2.65. The second kappa shape index (κ2) is 3.88. The third-order valence-electron chi connectivity index (χ3n) is 3.91. The zero-order chi connectivity index (χ0) is 12.9. The van der Waals surface area contributed by atoms with Crippen molar-refractivity contribution in [1.29, 1.82) is 0 Å². The van der Waals surface area contributed by atoms with Gasteiger partial charge in [-0.25, -0.2) is 0 Å². The normalized spacial score (nSPS) is 27.0. The van der Waals surface area contributed by atoms with Gasteiger partial charge in [-0.2, -0.15) is 13.2 Å². The summed E-state index contributed by atoms with van der Waals surface area (Å²) in [6.07, 6.45) is -1.61. The Bertz CT molecular complexity index is 470. The Balaban J connectivity index is 1.94. The van der Waals surface area contributed by atoms with E-state index in [2.05, 4.69) is 4.90 Å². The SMILES string of the molecule is NC1CCC2Cc3cc(C(F)(F)F)ccc3N2C1. The molecule has 0 bridgehead atoms. The number of nitrogens with two attached hydrogens (primary N) is 1. The zero-order valence-corrected chi connectivity index (χ0v) is 9.87. The monoisotopic (exact) mass is 256 g/mol. The molecule has 0 aromatic heterocycles. The van der Waals surface area contributed by atoms with E-state index in [1.54, 1.807) is 6.07 Å². The van der Waals surface area contributed by atoms with Crippen LogP contribution in [0.25, 0.3) is 0 Å². The number of anilines is 1. The molecule has 2 nitrogen and oxygen atoms in total. The van der Waals surface area contributed by atoms with Gasteiger partial charge < -0.3 is 10.6 Å². The minimum Gasteiger partial charge on any atom is -0.366 e. The fourth-order valence-electron chi connectivity index (χ4n) is 3.02. The average molecular weight is 256 g/mol. The number of benzene rings is 1. The van der Waals surface area contributed by atoms with Crippen LogP contribution < -0.4 is 10.6 Å². The molecule has 5 heteroatoms. The van der Waals surface area contributed by atoms with Crippen LogP contribution in [0, 0.1) is 0 Å². The van der Waals surface area contributed by atoms with Crippen LogP contribution in [-0.4, -0.2) is 18.6 Å². The Labute approximate surface area is 104 Å². The smallest absolute Gasteiger partial charge is 0.366 e. The molecule has 2 aliphatic rings. The molecule has 18 heavy (non-hydrogen) atoms. The predicted molar refractivity (Wildman–Crippen MR) is 63.5 cm³/mol. The van der Waals surface area contributed by atoms with Crippen LogP contribution in [0.15, 0.2) is 18.2 Å². The highest BCUT2D eigenvalue weighted by molar-refractivity contribution is 5.61. The number of fused-ring (bicyclic) bond motifs is 3. The Morgan fingerprint density at radius 2 is 2.00 bits per heavy atom. The summed E-state index contributed by atoms with van der Waals surface area (Å²) in [6, 6.07) is 4.52. The number of nitrogens with zero attached hydrogens (tertiary/aromatic N) is 1. The van der Waals surface area contributed by atoms with E-state index >= 15 is 0 Å². The van der Waals surface area contributed by atoms with Gasteiger partial charge in [0.05, 0.1) is 5.56 Å². The van der Waals surface area contributed by atoms with E-state index in [4.69, 9.17) is 5.73 Å². The van der Waals surface area contributed by atoms with Crippen molar-refractivity contribution >= 4 is 5.69 Å². The minimum atomic E-state index is -4.26. The van der Waals surface area contributed by atoms with E-state index in [1.807, 2.05) is 0 Å². The number of hydrogen-bond acceptors (Lipinski definition) is 2. The highest BCUT2D eigenvalue weighted by Gasteiger charge is 2.36. The standard InChI is InChI=1S/C13H15F3N2/c14-13(15,16)9-1-4-12-8(5-9)6-11-3-2-10(17)7-18(11)12/h1,4-5,10-11H,2-3,6-7,17H2. The van der Waals surface area contributed by atoms with Crippen LogP contribution in [0.4, 0.5) is 18.9 Å². The van der Waals surface area contributed by atoms with Gasteiger partial charge in [0.2, 0.25) is 0 Å². The van der Waals surface area contributed by atoms with E-state index in [0.717, 1.165) is 30.6 Å². The summed E-state index contributed by atoms with van der Waals surface area (Å²) < 4.78 is 38.0. The van der Waals surface area contributed by atoms with Crippen molar-refractivity contribution in [2.75, 3.05) is 11.4 Å². The maximum atomic E-state index is 12.7. The van der Waals surface area contributed by atoms with Gasteiger partial charge in [-0.15, -0.1) is 0 Å². The van der Waals surface area contributed by atoms with E-state index in [0.29, 0.717) is 12.5 Å². The summed E-state index contributed by atoms with van der Waals surface area (Å²) in [4.78, 5) is 2.17. The van der Waals surface area contributed by atoms with Gasteiger partial charge in [0.25, 0.3) is 0 Å². The predicted octanol–water partition coefficient (Wildman–Crippen LogP) is 2.56. The van der Waals surface area contributed by atoms with Crippen molar-refractivity contribution in [3.63, 3.8) is 0 Å². The minimum absolute atomic E-state index is 0.134. The second-order valence-electron chi connectivity index (χ2n) is 5.19. The summed E-state index contributed by atoms with van der Waals surface area (Å²) >= 11 is 0. The molecule has 0 radical (unpaired) electrons. The summed E-state index contributed by atoms with van der Waals surface area (Å²) in [5.41, 5.74) is 7.12. The van der Waals surface area contributed by atoms with Gasteiger partial charge in [-0.1, -0.05) is 0 Å². The first-order chi connectivity index (χ1) is 8.45. The molecule has 1 aromatic carbocycles. The fourth-order valence-corrected chi connectivity index (χ4v) is 3.02. The molecule has 98 valence electrons. The first kappa shape index (κ1) is 11.8. The van der Waals surface area contributed by atoms with E-state index < -0.39 is 11.7 Å². The molecule has 0 saturated carbocycles. The third-order valence-corrected chi connectivity index (χ3v) is 3.91. The zero-order valence-electron chi connectivity index (χ0n) is 9.87.